The molecule has 17 atom stereocenters. The maximum atomic E-state index is 14.0. The first-order valence-corrected chi connectivity index (χ1v) is 19.6. The number of hydrogen-bond acceptors (Lipinski definition) is 18. The smallest absolute Gasteiger partial charge is 0.331 e. The minimum Gasteiger partial charge on any atom is -0.459 e. The van der Waals surface area contributed by atoms with Crippen LogP contribution in [0.25, 0.3) is 6.08 Å². The maximum Gasteiger partial charge on any atom is 0.331 e. The number of rotatable bonds is 10. The largest absolute Gasteiger partial charge is 0.459 e. The summed E-state index contributed by atoms with van der Waals surface area (Å²) in [6.45, 7) is 6.23. The van der Waals surface area contributed by atoms with Gasteiger partial charge in [-0.2, -0.15) is 0 Å². The van der Waals surface area contributed by atoms with Crippen LogP contribution in [0.15, 0.2) is 36.4 Å². The Bertz CT molecular complexity index is 1660. The predicted octanol–water partition coefficient (Wildman–Crippen LogP) is 0.267. The number of benzene rings is 1. The number of aliphatic hydroxyl groups is 5. The van der Waals surface area contributed by atoms with Gasteiger partial charge in [0, 0.05) is 38.2 Å². The lowest BCUT2D eigenvalue weighted by molar-refractivity contribution is -0.358. The van der Waals surface area contributed by atoms with Crippen LogP contribution < -0.4 is 0 Å². The van der Waals surface area contributed by atoms with E-state index in [0.29, 0.717) is 0 Å². The van der Waals surface area contributed by atoms with Gasteiger partial charge in [-0.05, 0) is 44.7 Å². The number of hydrogen-bond donors (Lipinski definition) is 5. The molecule has 1 aromatic carbocycles. The van der Waals surface area contributed by atoms with E-state index in [1.54, 1.807) is 6.08 Å². The second-order valence-corrected chi connectivity index (χ2v) is 15.9. The minimum atomic E-state index is -1.92. The van der Waals surface area contributed by atoms with Crippen LogP contribution in [0.4, 0.5) is 0 Å². The number of aliphatic hydroxyl groups excluding tert-OH is 4. The molecule has 322 valence electrons. The Morgan fingerprint density at radius 2 is 1.47 bits per heavy atom. The van der Waals surface area contributed by atoms with E-state index in [0.717, 1.165) is 19.4 Å². The molecule has 0 unspecified atom stereocenters. The summed E-state index contributed by atoms with van der Waals surface area (Å²) in [4.78, 5) is 50.8. The van der Waals surface area contributed by atoms with Gasteiger partial charge in [0.1, 0.15) is 30.0 Å². The molecule has 0 amide bonds. The SMILES string of the molecule is CC(=O)O[C@@H]1[C@@H](O)[C@H](O[C@H]2[C@H](OC(=O)[C@@H]3CC[C@@H]4[C@H](C3)O[C@]3(C[C@H](OC(=O)/C=C/c5ccccc5)[C@H](C)CO3)[C@@]4(O)CO)O[C@H](C)[C@@H](O)[C@@H]2OC(C)=O)O[C@H](C)[C@H]1O. The van der Waals surface area contributed by atoms with Gasteiger partial charge in [0.05, 0.1) is 37.4 Å². The third-order valence-corrected chi connectivity index (χ3v) is 11.8. The Kier molecular flexibility index (Phi) is 13.6. The first kappa shape index (κ1) is 44.0. The van der Waals surface area contributed by atoms with Crippen molar-refractivity contribution in [1.29, 1.82) is 0 Å². The highest BCUT2D eigenvalue weighted by Crippen LogP contribution is 2.55. The lowest BCUT2D eigenvalue weighted by Gasteiger charge is -2.47. The molecule has 4 aliphatic heterocycles. The lowest BCUT2D eigenvalue weighted by atomic mass is 9.70. The fraction of sp³-hybridized carbons (Fsp3) is 0.700. The van der Waals surface area contributed by atoms with E-state index >= 15 is 0 Å². The summed E-state index contributed by atoms with van der Waals surface area (Å²) in [7, 11) is 0. The Morgan fingerprint density at radius 3 is 2.12 bits per heavy atom. The highest BCUT2D eigenvalue weighted by atomic mass is 16.8. The zero-order chi connectivity index (χ0) is 42.1. The van der Waals surface area contributed by atoms with E-state index in [1.807, 2.05) is 37.3 Å². The average molecular weight is 823 g/mol. The van der Waals surface area contributed by atoms with Crippen molar-refractivity contribution in [1.82, 2.24) is 0 Å². The molecule has 4 saturated heterocycles. The fourth-order valence-corrected chi connectivity index (χ4v) is 8.60. The second-order valence-electron chi connectivity index (χ2n) is 15.9. The molecule has 18 heteroatoms. The van der Waals surface area contributed by atoms with Crippen molar-refractivity contribution in [3.63, 3.8) is 0 Å². The maximum absolute atomic E-state index is 14.0. The van der Waals surface area contributed by atoms with Gasteiger partial charge in [-0.1, -0.05) is 37.3 Å². The van der Waals surface area contributed by atoms with Crippen LogP contribution in [-0.2, 0) is 61.8 Å². The molecular formula is C40H54O18. The number of carbonyl (C=O) groups is 4. The molecule has 58 heavy (non-hydrogen) atoms. The number of ether oxygens (including phenoxy) is 9. The van der Waals surface area contributed by atoms with Crippen LogP contribution >= 0.6 is 0 Å². The van der Waals surface area contributed by atoms with Crippen molar-refractivity contribution >= 4 is 30.0 Å². The monoisotopic (exact) mass is 822 g/mol. The molecule has 5 N–H and O–H groups in total. The number of fused-ring (bicyclic) bond motifs is 1. The van der Waals surface area contributed by atoms with Crippen LogP contribution in [0.3, 0.4) is 0 Å². The van der Waals surface area contributed by atoms with Crippen LogP contribution in [0.5, 0.6) is 0 Å². The van der Waals surface area contributed by atoms with Crippen LogP contribution in [-0.4, -0.2) is 148 Å². The van der Waals surface area contributed by atoms with Crippen LogP contribution in [0.1, 0.15) is 65.9 Å². The molecule has 6 rings (SSSR count). The van der Waals surface area contributed by atoms with Gasteiger partial charge in [-0.15, -0.1) is 0 Å². The zero-order valence-corrected chi connectivity index (χ0v) is 33.0. The Morgan fingerprint density at radius 1 is 0.828 bits per heavy atom. The third-order valence-electron chi connectivity index (χ3n) is 11.8. The summed E-state index contributed by atoms with van der Waals surface area (Å²) >= 11 is 0. The van der Waals surface area contributed by atoms with Crippen LogP contribution in [0, 0.1) is 17.8 Å². The molecule has 1 aromatic rings. The molecule has 18 nitrogen and oxygen atoms in total. The standard InChI is InChI=1S/C40H54O18/c1-19-17-50-40(16-28(19)55-29(44)14-11-24-9-7-6-8-10-24)39(49,18-41)26-13-12-25(15-27(26)58-40)36(48)57-38-35(34(54-23(5)43)31(46)21(3)52-38)56-37-32(47)33(53-22(4)42)30(45)20(2)51-37/h6-11,14,19-21,25-28,30-35,37-38,41,45-47,49H,12-13,15-18H2,1-5H3/b14-11+/t19-,20-,21-,25-,26-,27+,28+,30-,31-,32-,33+,34+,35-,37+,38+,39-,40-/m1/s1. The highest BCUT2D eigenvalue weighted by Gasteiger charge is 2.69. The van der Waals surface area contributed by atoms with Crippen molar-refractivity contribution in [2.75, 3.05) is 13.2 Å². The predicted molar refractivity (Wildman–Crippen MR) is 194 cm³/mol. The molecule has 0 bridgehead atoms. The van der Waals surface area contributed by atoms with Gasteiger partial charge in [0.25, 0.3) is 0 Å². The third kappa shape index (κ3) is 8.96. The molecule has 1 saturated carbocycles. The van der Waals surface area contributed by atoms with Crippen LogP contribution in [0.2, 0.25) is 0 Å². The lowest BCUT2D eigenvalue weighted by Crippen LogP contribution is -2.64. The summed E-state index contributed by atoms with van der Waals surface area (Å²) in [6, 6.07) is 9.20. The normalized spacial score (nSPS) is 42.7. The second kappa shape index (κ2) is 18.0. The quantitative estimate of drug-likeness (QED) is 0.121. The van der Waals surface area contributed by atoms with Gasteiger partial charge in [0.15, 0.2) is 24.6 Å². The zero-order valence-electron chi connectivity index (χ0n) is 33.0. The van der Waals surface area contributed by atoms with Crippen molar-refractivity contribution in [2.24, 2.45) is 17.8 Å². The van der Waals surface area contributed by atoms with E-state index in [-0.39, 0.29) is 38.2 Å². The van der Waals surface area contributed by atoms with Gasteiger partial charge in [0.2, 0.25) is 12.1 Å². The van der Waals surface area contributed by atoms with E-state index < -0.39 is 127 Å². The van der Waals surface area contributed by atoms with Gasteiger partial charge in [-0.3, -0.25) is 14.4 Å². The van der Waals surface area contributed by atoms with Gasteiger partial charge >= 0.3 is 23.9 Å². The molecule has 1 aliphatic carbocycles. The molecular weight excluding hydrogens is 768 g/mol. The molecule has 0 aromatic heterocycles. The van der Waals surface area contributed by atoms with Gasteiger partial charge < -0.3 is 68.2 Å². The molecule has 5 aliphatic rings. The Balaban J connectivity index is 1.16. The van der Waals surface area contributed by atoms with Crippen molar-refractivity contribution in [3.8, 4) is 0 Å². The molecule has 5 fully saturated rings. The van der Waals surface area contributed by atoms with Gasteiger partial charge in [-0.25, -0.2) is 4.79 Å². The van der Waals surface area contributed by atoms with E-state index in [4.69, 9.17) is 42.6 Å². The number of esters is 4. The highest BCUT2D eigenvalue weighted by molar-refractivity contribution is 5.87. The first-order valence-electron chi connectivity index (χ1n) is 19.6. The molecule has 1 spiro atoms. The summed E-state index contributed by atoms with van der Waals surface area (Å²) in [5.41, 5.74) is -1.11. The summed E-state index contributed by atoms with van der Waals surface area (Å²) in [5.74, 6) is -6.57. The van der Waals surface area contributed by atoms with Crippen molar-refractivity contribution in [3.05, 3.63) is 42.0 Å². The summed E-state index contributed by atoms with van der Waals surface area (Å²) < 4.78 is 52.4. The number of carbonyl (C=O) groups excluding carboxylic acids is 4. The first-order chi connectivity index (χ1) is 27.5. The Labute approximate surface area is 335 Å². The van der Waals surface area contributed by atoms with Crippen molar-refractivity contribution < 1.29 is 87.3 Å². The molecule has 4 heterocycles. The Hall–Kier alpha value is -3.56. The summed E-state index contributed by atoms with van der Waals surface area (Å²) in [6.07, 6.45) is -13.0. The topological polar surface area (TPSA) is 252 Å². The molecule has 0 radical (unpaired) electrons. The average Bonchev–Trinajstić information content (AvgIpc) is 3.42. The summed E-state index contributed by atoms with van der Waals surface area (Å²) in [5, 5.41) is 55.4. The van der Waals surface area contributed by atoms with E-state index in [2.05, 4.69) is 0 Å². The van der Waals surface area contributed by atoms with E-state index in [9.17, 15) is 44.7 Å². The van der Waals surface area contributed by atoms with E-state index in [1.165, 1.54) is 19.9 Å². The van der Waals surface area contributed by atoms with Crippen molar-refractivity contribution in [2.45, 2.75) is 145 Å². The minimum absolute atomic E-state index is 0.0183. The fourth-order valence-electron chi connectivity index (χ4n) is 8.60.